The Morgan fingerprint density at radius 2 is 2.20 bits per heavy atom. The molecule has 2 aromatic rings. The SMILES string of the molecule is Cc1nc2ccccn2c1CNCCCOCC(C)C. The van der Waals surface area contributed by atoms with Gasteiger partial charge in [-0.25, -0.2) is 4.98 Å². The monoisotopic (exact) mass is 275 g/mol. The predicted molar refractivity (Wildman–Crippen MR) is 81.9 cm³/mol. The average molecular weight is 275 g/mol. The van der Waals surface area contributed by atoms with Crippen molar-refractivity contribution in [3.63, 3.8) is 0 Å². The molecule has 2 rings (SSSR count). The number of fused-ring (bicyclic) bond motifs is 1. The van der Waals surface area contributed by atoms with Crippen molar-refractivity contribution in [3.05, 3.63) is 35.8 Å². The lowest BCUT2D eigenvalue weighted by Crippen LogP contribution is -2.18. The Morgan fingerprint density at radius 1 is 1.35 bits per heavy atom. The number of rotatable bonds is 8. The van der Waals surface area contributed by atoms with Crippen LogP contribution < -0.4 is 5.32 Å². The minimum atomic E-state index is 0.615. The van der Waals surface area contributed by atoms with Crippen LogP contribution in [0.1, 0.15) is 31.7 Å². The van der Waals surface area contributed by atoms with Crippen LogP contribution in [0.25, 0.3) is 5.65 Å². The maximum Gasteiger partial charge on any atom is 0.137 e. The van der Waals surface area contributed by atoms with Crippen LogP contribution in [0.2, 0.25) is 0 Å². The van der Waals surface area contributed by atoms with E-state index in [1.807, 2.05) is 18.2 Å². The first kappa shape index (κ1) is 15.0. The quantitative estimate of drug-likeness (QED) is 0.753. The van der Waals surface area contributed by atoms with Gasteiger partial charge in [0.15, 0.2) is 0 Å². The van der Waals surface area contributed by atoms with Gasteiger partial charge in [0.25, 0.3) is 0 Å². The highest BCUT2D eigenvalue weighted by molar-refractivity contribution is 5.42. The van der Waals surface area contributed by atoms with E-state index in [0.717, 1.165) is 44.1 Å². The van der Waals surface area contributed by atoms with Crippen LogP contribution in [0, 0.1) is 12.8 Å². The lowest BCUT2D eigenvalue weighted by molar-refractivity contribution is 0.108. The molecule has 0 saturated carbocycles. The third-order valence-electron chi connectivity index (χ3n) is 3.21. The van der Waals surface area contributed by atoms with Crippen molar-refractivity contribution in [1.29, 1.82) is 0 Å². The third kappa shape index (κ3) is 4.05. The van der Waals surface area contributed by atoms with E-state index in [9.17, 15) is 0 Å². The van der Waals surface area contributed by atoms with E-state index in [1.54, 1.807) is 0 Å². The van der Waals surface area contributed by atoms with Crippen molar-refractivity contribution >= 4 is 5.65 Å². The van der Waals surface area contributed by atoms with Crippen molar-refractivity contribution in [2.45, 2.75) is 33.7 Å². The first-order valence-corrected chi connectivity index (χ1v) is 7.39. The van der Waals surface area contributed by atoms with Gasteiger partial charge < -0.3 is 14.5 Å². The molecule has 0 unspecified atom stereocenters. The summed E-state index contributed by atoms with van der Waals surface area (Å²) in [5, 5.41) is 3.47. The van der Waals surface area contributed by atoms with Crippen LogP contribution in [0.3, 0.4) is 0 Å². The molecule has 0 aliphatic heterocycles. The summed E-state index contributed by atoms with van der Waals surface area (Å²) in [6.45, 7) is 9.91. The van der Waals surface area contributed by atoms with Crippen LogP contribution in [0.15, 0.2) is 24.4 Å². The number of aryl methyl sites for hydroxylation is 1. The van der Waals surface area contributed by atoms with Crippen molar-refractivity contribution < 1.29 is 4.74 Å². The van der Waals surface area contributed by atoms with Crippen LogP contribution in [0.5, 0.6) is 0 Å². The van der Waals surface area contributed by atoms with Gasteiger partial charge >= 0.3 is 0 Å². The Hall–Kier alpha value is -1.39. The molecular formula is C16H25N3O. The molecule has 4 heteroatoms. The number of hydrogen-bond acceptors (Lipinski definition) is 3. The Labute approximate surface area is 121 Å². The van der Waals surface area contributed by atoms with E-state index < -0.39 is 0 Å². The van der Waals surface area contributed by atoms with Crippen LogP contribution in [0.4, 0.5) is 0 Å². The van der Waals surface area contributed by atoms with E-state index in [1.165, 1.54) is 5.69 Å². The molecule has 4 nitrogen and oxygen atoms in total. The molecule has 0 aliphatic rings. The Bertz CT molecular complexity index is 534. The third-order valence-corrected chi connectivity index (χ3v) is 3.21. The Kier molecular flexibility index (Phi) is 5.56. The van der Waals surface area contributed by atoms with E-state index >= 15 is 0 Å². The molecule has 110 valence electrons. The fourth-order valence-corrected chi connectivity index (χ4v) is 2.20. The number of ether oxygens (including phenoxy) is 1. The van der Waals surface area contributed by atoms with Crippen molar-refractivity contribution in [1.82, 2.24) is 14.7 Å². The molecule has 1 N–H and O–H groups in total. The normalized spacial score (nSPS) is 11.6. The fourth-order valence-electron chi connectivity index (χ4n) is 2.20. The number of hydrogen-bond donors (Lipinski definition) is 1. The van der Waals surface area contributed by atoms with E-state index in [0.29, 0.717) is 5.92 Å². The summed E-state index contributed by atoms with van der Waals surface area (Å²) in [5.74, 6) is 0.615. The smallest absolute Gasteiger partial charge is 0.137 e. The van der Waals surface area contributed by atoms with E-state index in [-0.39, 0.29) is 0 Å². The maximum atomic E-state index is 5.57. The molecule has 2 aromatic heterocycles. The zero-order valence-corrected chi connectivity index (χ0v) is 12.7. The maximum absolute atomic E-state index is 5.57. The van der Waals surface area contributed by atoms with Crippen molar-refractivity contribution in [3.8, 4) is 0 Å². The average Bonchev–Trinajstić information content (AvgIpc) is 2.73. The van der Waals surface area contributed by atoms with Gasteiger partial charge in [0, 0.05) is 26.0 Å². The van der Waals surface area contributed by atoms with Crippen LogP contribution in [-0.4, -0.2) is 29.1 Å². The summed E-state index contributed by atoms with van der Waals surface area (Å²) in [7, 11) is 0. The summed E-state index contributed by atoms with van der Waals surface area (Å²) >= 11 is 0. The molecule has 0 spiro atoms. The summed E-state index contributed by atoms with van der Waals surface area (Å²) < 4.78 is 7.72. The fraction of sp³-hybridized carbons (Fsp3) is 0.562. The number of imidazole rings is 1. The molecule has 0 radical (unpaired) electrons. The zero-order valence-electron chi connectivity index (χ0n) is 12.7. The largest absolute Gasteiger partial charge is 0.381 e. The number of aromatic nitrogens is 2. The summed E-state index contributed by atoms with van der Waals surface area (Å²) in [5.41, 5.74) is 3.35. The molecule has 0 atom stereocenters. The van der Waals surface area contributed by atoms with Gasteiger partial charge in [-0.05, 0) is 37.9 Å². The van der Waals surface area contributed by atoms with Crippen molar-refractivity contribution in [2.75, 3.05) is 19.8 Å². The second kappa shape index (κ2) is 7.41. The number of nitrogens with one attached hydrogen (secondary N) is 1. The van der Waals surface area contributed by atoms with Gasteiger partial charge in [0.1, 0.15) is 5.65 Å². The highest BCUT2D eigenvalue weighted by Crippen LogP contribution is 2.11. The second-order valence-electron chi connectivity index (χ2n) is 5.57. The first-order chi connectivity index (χ1) is 9.68. The molecule has 0 bridgehead atoms. The topological polar surface area (TPSA) is 38.6 Å². The van der Waals surface area contributed by atoms with Gasteiger partial charge in [-0.15, -0.1) is 0 Å². The molecule has 0 amide bonds. The molecular weight excluding hydrogens is 250 g/mol. The van der Waals surface area contributed by atoms with E-state index in [4.69, 9.17) is 4.74 Å². The minimum Gasteiger partial charge on any atom is -0.381 e. The van der Waals surface area contributed by atoms with Gasteiger partial charge in [0.05, 0.1) is 11.4 Å². The highest BCUT2D eigenvalue weighted by atomic mass is 16.5. The lowest BCUT2D eigenvalue weighted by atomic mass is 10.2. The summed E-state index contributed by atoms with van der Waals surface area (Å²) in [6, 6.07) is 6.10. The standard InChI is InChI=1S/C16H25N3O/c1-13(2)12-20-10-6-8-17-11-15-14(3)18-16-7-4-5-9-19(15)16/h4-5,7,9,13,17H,6,8,10-12H2,1-3H3. The molecule has 0 aromatic carbocycles. The molecule has 0 saturated heterocycles. The van der Waals surface area contributed by atoms with Crippen LogP contribution in [-0.2, 0) is 11.3 Å². The predicted octanol–water partition coefficient (Wildman–Crippen LogP) is 2.80. The summed E-state index contributed by atoms with van der Waals surface area (Å²) in [4.78, 5) is 4.56. The van der Waals surface area contributed by atoms with Gasteiger partial charge in [-0.1, -0.05) is 19.9 Å². The van der Waals surface area contributed by atoms with Crippen LogP contribution >= 0.6 is 0 Å². The number of pyridine rings is 1. The van der Waals surface area contributed by atoms with Crippen molar-refractivity contribution in [2.24, 2.45) is 5.92 Å². The molecule has 2 heterocycles. The minimum absolute atomic E-state index is 0.615. The zero-order chi connectivity index (χ0) is 14.4. The lowest BCUT2D eigenvalue weighted by Gasteiger charge is -2.08. The molecule has 20 heavy (non-hydrogen) atoms. The summed E-state index contributed by atoms with van der Waals surface area (Å²) in [6.07, 6.45) is 3.11. The van der Waals surface area contributed by atoms with Gasteiger partial charge in [-0.2, -0.15) is 0 Å². The second-order valence-corrected chi connectivity index (χ2v) is 5.57. The first-order valence-electron chi connectivity index (χ1n) is 7.39. The highest BCUT2D eigenvalue weighted by Gasteiger charge is 2.06. The molecule has 0 aliphatic carbocycles. The number of nitrogens with zero attached hydrogens (tertiary/aromatic N) is 2. The van der Waals surface area contributed by atoms with Gasteiger partial charge in [0.2, 0.25) is 0 Å². The Balaban J connectivity index is 1.75. The molecule has 0 fully saturated rings. The Morgan fingerprint density at radius 3 is 3.00 bits per heavy atom. The van der Waals surface area contributed by atoms with E-state index in [2.05, 4.69) is 41.7 Å². The van der Waals surface area contributed by atoms with Gasteiger partial charge in [-0.3, -0.25) is 0 Å².